The van der Waals surface area contributed by atoms with Crippen LogP contribution in [0.25, 0.3) is 10.9 Å². The fourth-order valence-electron chi connectivity index (χ4n) is 2.46. The van der Waals surface area contributed by atoms with Crippen molar-refractivity contribution in [1.29, 1.82) is 0 Å². The van der Waals surface area contributed by atoms with Crippen LogP contribution in [0.2, 0.25) is 0 Å². The summed E-state index contributed by atoms with van der Waals surface area (Å²) in [4.78, 5) is 0. The van der Waals surface area contributed by atoms with Crippen molar-refractivity contribution in [3.05, 3.63) is 36.0 Å². The van der Waals surface area contributed by atoms with E-state index in [1.807, 2.05) is 0 Å². The van der Waals surface area contributed by atoms with E-state index < -0.39 is 0 Å². The third-order valence-corrected chi connectivity index (χ3v) is 4.07. The van der Waals surface area contributed by atoms with Gasteiger partial charge in [0.1, 0.15) is 0 Å². The molecule has 1 N–H and O–H groups in total. The largest absolute Gasteiger partial charge is 0.346 e. The Hall–Kier alpha value is -1.28. The van der Waals surface area contributed by atoms with Gasteiger partial charge in [0.2, 0.25) is 0 Å². The number of aryl methyl sites for hydroxylation is 1. The van der Waals surface area contributed by atoms with Crippen molar-refractivity contribution < 1.29 is 0 Å². The van der Waals surface area contributed by atoms with Crippen LogP contribution in [-0.2, 0) is 13.0 Å². The molecule has 2 rings (SSSR count). The first kappa shape index (κ1) is 14.1. The lowest BCUT2D eigenvalue weighted by Crippen LogP contribution is -2.33. The number of hydrogen-bond donors (Lipinski definition) is 1. The molecule has 0 aliphatic heterocycles. The molecule has 0 spiro atoms. The second-order valence-electron chi connectivity index (χ2n) is 5.70. The minimum atomic E-state index is 0.576. The number of nitrogens with one attached hydrogen (secondary N) is 1. The normalized spacial score (nSPS) is 13.3. The van der Waals surface area contributed by atoms with E-state index in [0.717, 1.165) is 19.5 Å². The molecular formula is C17H26N2. The average Bonchev–Trinajstić information content (AvgIpc) is 2.82. The van der Waals surface area contributed by atoms with Gasteiger partial charge in [0.15, 0.2) is 0 Å². The molecule has 2 aromatic rings. The standard InChI is InChI=1S/C17H26N2/c1-5-15-7-6-8-16-9-11-19(17(15)16)12-10-18-14(4)13(2)3/h6-9,11,13-14,18H,5,10,12H2,1-4H3. The van der Waals surface area contributed by atoms with Crippen molar-refractivity contribution in [2.45, 2.75) is 46.7 Å². The van der Waals surface area contributed by atoms with E-state index in [9.17, 15) is 0 Å². The molecule has 19 heavy (non-hydrogen) atoms. The van der Waals surface area contributed by atoms with E-state index in [1.165, 1.54) is 16.5 Å². The maximum atomic E-state index is 3.60. The first-order valence-electron chi connectivity index (χ1n) is 7.43. The SMILES string of the molecule is CCc1cccc2ccn(CCNC(C)C(C)C)c12. The van der Waals surface area contributed by atoms with Crippen LogP contribution < -0.4 is 5.32 Å². The van der Waals surface area contributed by atoms with Gasteiger partial charge in [-0.3, -0.25) is 0 Å². The summed E-state index contributed by atoms with van der Waals surface area (Å²) >= 11 is 0. The quantitative estimate of drug-likeness (QED) is 0.833. The van der Waals surface area contributed by atoms with Gasteiger partial charge in [0.05, 0.1) is 5.52 Å². The summed E-state index contributed by atoms with van der Waals surface area (Å²) in [5.74, 6) is 0.688. The number of nitrogens with zero attached hydrogens (tertiary/aromatic N) is 1. The van der Waals surface area contributed by atoms with Gasteiger partial charge < -0.3 is 9.88 Å². The lowest BCUT2D eigenvalue weighted by atomic mass is 10.1. The van der Waals surface area contributed by atoms with Crippen LogP contribution in [0.3, 0.4) is 0 Å². The summed E-state index contributed by atoms with van der Waals surface area (Å²) < 4.78 is 2.38. The predicted octanol–water partition coefficient (Wildman–Crippen LogP) is 3.84. The Morgan fingerprint density at radius 2 is 1.95 bits per heavy atom. The van der Waals surface area contributed by atoms with Crippen molar-refractivity contribution >= 4 is 10.9 Å². The summed E-state index contributed by atoms with van der Waals surface area (Å²) in [6.45, 7) is 11.1. The number of benzene rings is 1. The molecule has 1 atom stereocenters. The van der Waals surface area contributed by atoms with Gasteiger partial charge in [-0.25, -0.2) is 0 Å². The third kappa shape index (κ3) is 3.19. The van der Waals surface area contributed by atoms with Gasteiger partial charge in [-0.2, -0.15) is 0 Å². The molecule has 1 unspecified atom stereocenters. The first-order valence-corrected chi connectivity index (χ1v) is 7.43. The second kappa shape index (κ2) is 6.25. The molecule has 0 bridgehead atoms. The Morgan fingerprint density at radius 1 is 1.16 bits per heavy atom. The molecule has 0 saturated heterocycles. The molecule has 2 heteroatoms. The lowest BCUT2D eigenvalue weighted by molar-refractivity contribution is 0.418. The summed E-state index contributed by atoms with van der Waals surface area (Å²) in [6, 6.07) is 9.40. The average molecular weight is 258 g/mol. The Labute approximate surface area is 116 Å². The predicted molar refractivity (Wildman–Crippen MR) is 83.6 cm³/mol. The van der Waals surface area contributed by atoms with Gasteiger partial charge in [0.25, 0.3) is 0 Å². The van der Waals surface area contributed by atoms with Gasteiger partial charge >= 0.3 is 0 Å². The highest BCUT2D eigenvalue weighted by molar-refractivity contribution is 5.83. The van der Waals surface area contributed by atoms with E-state index in [0.29, 0.717) is 12.0 Å². The van der Waals surface area contributed by atoms with Crippen molar-refractivity contribution in [1.82, 2.24) is 9.88 Å². The molecule has 2 nitrogen and oxygen atoms in total. The Balaban J connectivity index is 2.09. The Morgan fingerprint density at radius 3 is 2.63 bits per heavy atom. The fourth-order valence-corrected chi connectivity index (χ4v) is 2.46. The molecular weight excluding hydrogens is 232 g/mol. The van der Waals surface area contributed by atoms with Crippen molar-refractivity contribution in [2.75, 3.05) is 6.54 Å². The smallest absolute Gasteiger partial charge is 0.0513 e. The molecule has 0 saturated carbocycles. The van der Waals surface area contributed by atoms with Crippen LogP contribution >= 0.6 is 0 Å². The van der Waals surface area contributed by atoms with Gasteiger partial charge in [-0.15, -0.1) is 0 Å². The molecule has 0 aliphatic rings. The third-order valence-electron chi connectivity index (χ3n) is 4.07. The molecule has 0 amide bonds. The van der Waals surface area contributed by atoms with Crippen LogP contribution in [0.1, 0.15) is 33.3 Å². The fraction of sp³-hybridized carbons (Fsp3) is 0.529. The minimum Gasteiger partial charge on any atom is -0.346 e. The van der Waals surface area contributed by atoms with Gasteiger partial charge in [-0.05, 0) is 36.3 Å². The zero-order valence-electron chi connectivity index (χ0n) is 12.6. The van der Waals surface area contributed by atoms with Crippen LogP contribution in [0.15, 0.2) is 30.5 Å². The summed E-state index contributed by atoms with van der Waals surface area (Å²) in [5, 5.41) is 4.96. The van der Waals surface area contributed by atoms with E-state index in [4.69, 9.17) is 0 Å². The topological polar surface area (TPSA) is 17.0 Å². The highest BCUT2D eigenvalue weighted by atomic mass is 15.0. The summed E-state index contributed by atoms with van der Waals surface area (Å²) in [7, 11) is 0. The maximum Gasteiger partial charge on any atom is 0.0513 e. The summed E-state index contributed by atoms with van der Waals surface area (Å²) in [5.41, 5.74) is 2.85. The van der Waals surface area contributed by atoms with Crippen LogP contribution in [0.4, 0.5) is 0 Å². The molecule has 0 aliphatic carbocycles. The van der Waals surface area contributed by atoms with Crippen LogP contribution in [0, 0.1) is 5.92 Å². The number of aromatic nitrogens is 1. The van der Waals surface area contributed by atoms with Gasteiger partial charge in [0, 0.05) is 25.3 Å². The number of para-hydroxylation sites is 1. The van der Waals surface area contributed by atoms with Gasteiger partial charge in [-0.1, -0.05) is 39.0 Å². The summed E-state index contributed by atoms with van der Waals surface area (Å²) in [6.07, 6.45) is 3.31. The van der Waals surface area contributed by atoms with E-state index in [-0.39, 0.29) is 0 Å². The van der Waals surface area contributed by atoms with Crippen molar-refractivity contribution in [3.8, 4) is 0 Å². The molecule has 1 aromatic carbocycles. The lowest BCUT2D eigenvalue weighted by Gasteiger charge is -2.18. The molecule has 1 aromatic heterocycles. The molecule has 0 fully saturated rings. The van der Waals surface area contributed by atoms with E-state index in [2.05, 4.69) is 68.0 Å². The highest BCUT2D eigenvalue weighted by Crippen LogP contribution is 2.20. The minimum absolute atomic E-state index is 0.576. The monoisotopic (exact) mass is 258 g/mol. The molecule has 104 valence electrons. The first-order chi connectivity index (χ1) is 9.13. The maximum absolute atomic E-state index is 3.60. The zero-order chi connectivity index (χ0) is 13.8. The number of rotatable bonds is 6. The Kier molecular flexibility index (Phi) is 4.65. The molecule has 1 heterocycles. The van der Waals surface area contributed by atoms with Crippen LogP contribution in [0.5, 0.6) is 0 Å². The van der Waals surface area contributed by atoms with E-state index >= 15 is 0 Å². The zero-order valence-corrected chi connectivity index (χ0v) is 12.6. The number of hydrogen-bond acceptors (Lipinski definition) is 1. The van der Waals surface area contributed by atoms with Crippen LogP contribution in [-0.4, -0.2) is 17.2 Å². The number of fused-ring (bicyclic) bond motifs is 1. The van der Waals surface area contributed by atoms with Crippen molar-refractivity contribution in [3.63, 3.8) is 0 Å². The molecule has 0 radical (unpaired) electrons. The van der Waals surface area contributed by atoms with E-state index in [1.54, 1.807) is 0 Å². The Bertz CT molecular complexity index is 525. The highest BCUT2D eigenvalue weighted by Gasteiger charge is 2.07. The van der Waals surface area contributed by atoms with Crippen molar-refractivity contribution in [2.24, 2.45) is 5.92 Å². The second-order valence-corrected chi connectivity index (χ2v) is 5.70.